The van der Waals surface area contributed by atoms with Crippen LogP contribution in [0.1, 0.15) is 10.5 Å². The number of nitrogens with one attached hydrogen (secondary N) is 2. The minimum Gasteiger partial charge on any atom is -0.354 e. The molecule has 4 aromatic rings. The molecule has 0 unspecified atom stereocenters. The molecule has 0 bridgehead atoms. The molecule has 0 radical (unpaired) electrons. The topological polar surface area (TPSA) is 84.7 Å². The standard InChI is InChI=1S/C22H16N6OS/c29-22-18-12-17(27-28(18)10-9-24-22)14-7-8-23-21(26-14)13-5-6-16-20(11-13)30-19-4-2-1-3-15(19)25-16/h1-8,11-12,25H,9-10H2,(H,24,29). The Kier molecular flexibility index (Phi) is 3.85. The van der Waals surface area contributed by atoms with Crippen LogP contribution in [0.2, 0.25) is 0 Å². The lowest BCUT2D eigenvalue weighted by atomic mass is 10.1. The second-order valence-electron chi connectivity index (χ2n) is 7.09. The normalized spacial score (nSPS) is 14.2. The van der Waals surface area contributed by atoms with E-state index in [4.69, 9.17) is 4.98 Å². The molecule has 1 amide bonds. The number of hydrogen-bond donors (Lipinski definition) is 2. The van der Waals surface area contributed by atoms with E-state index >= 15 is 0 Å². The SMILES string of the molecule is O=C1NCCn2nc(-c3ccnc(-c4ccc5c(c4)Sc4ccccc4N5)n3)cc21. The van der Waals surface area contributed by atoms with Gasteiger partial charge in [0.2, 0.25) is 0 Å². The third kappa shape index (κ3) is 2.84. The molecule has 2 aromatic heterocycles. The molecule has 0 spiro atoms. The van der Waals surface area contributed by atoms with Crippen LogP contribution in [-0.4, -0.2) is 32.2 Å². The van der Waals surface area contributed by atoms with Crippen LogP contribution >= 0.6 is 11.8 Å². The number of nitrogens with zero attached hydrogens (tertiary/aromatic N) is 4. The van der Waals surface area contributed by atoms with Crippen molar-refractivity contribution < 1.29 is 4.79 Å². The summed E-state index contributed by atoms with van der Waals surface area (Å²) in [6.07, 6.45) is 1.73. The Hall–Kier alpha value is -3.65. The molecule has 2 aliphatic rings. The number of para-hydroxylation sites is 1. The van der Waals surface area contributed by atoms with Crippen LogP contribution in [0.4, 0.5) is 11.4 Å². The number of anilines is 2. The molecule has 2 aromatic carbocycles. The Morgan fingerprint density at radius 2 is 1.87 bits per heavy atom. The van der Waals surface area contributed by atoms with Crippen molar-refractivity contribution >= 4 is 29.0 Å². The van der Waals surface area contributed by atoms with Gasteiger partial charge in [0, 0.05) is 28.1 Å². The molecule has 0 saturated carbocycles. The van der Waals surface area contributed by atoms with E-state index in [0.717, 1.165) is 21.8 Å². The number of aromatic nitrogens is 4. The number of benzene rings is 2. The van der Waals surface area contributed by atoms with Gasteiger partial charge in [-0.15, -0.1) is 0 Å². The zero-order valence-corrected chi connectivity index (χ0v) is 16.6. The van der Waals surface area contributed by atoms with Gasteiger partial charge in [0.15, 0.2) is 5.82 Å². The number of hydrogen-bond acceptors (Lipinski definition) is 6. The lowest BCUT2D eigenvalue weighted by Crippen LogP contribution is -2.35. The fourth-order valence-corrected chi connectivity index (χ4v) is 4.70. The highest BCUT2D eigenvalue weighted by Gasteiger charge is 2.21. The maximum Gasteiger partial charge on any atom is 0.269 e. The summed E-state index contributed by atoms with van der Waals surface area (Å²) in [6.45, 7) is 1.25. The van der Waals surface area contributed by atoms with E-state index in [0.29, 0.717) is 36.0 Å². The predicted octanol–water partition coefficient (Wildman–Crippen LogP) is 3.96. The van der Waals surface area contributed by atoms with E-state index in [9.17, 15) is 4.79 Å². The zero-order chi connectivity index (χ0) is 20.1. The number of amides is 1. The second-order valence-corrected chi connectivity index (χ2v) is 8.18. The van der Waals surface area contributed by atoms with Crippen molar-refractivity contribution in [2.24, 2.45) is 0 Å². The smallest absolute Gasteiger partial charge is 0.269 e. The molecule has 146 valence electrons. The maximum absolute atomic E-state index is 12.0. The van der Waals surface area contributed by atoms with Gasteiger partial charge in [0.05, 0.1) is 23.6 Å². The quantitative estimate of drug-likeness (QED) is 0.457. The second kappa shape index (κ2) is 6.70. The molecule has 7 nitrogen and oxygen atoms in total. The van der Waals surface area contributed by atoms with Crippen molar-refractivity contribution in [3.8, 4) is 22.8 Å². The minimum atomic E-state index is -0.103. The van der Waals surface area contributed by atoms with Crippen LogP contribution < -0.4 is 10.6 Å². The average molecular weight is 412 g/mol. The van der Waals surface area contributed by atoms with Gasteiger partial charge in [-0.1, -0.05) is 23.9 Å². The van der Waals surface area contributed by atoms with Gasteiger partial charge in [-0.05, 0) is 42.5 Å². The summed E-state index contributed by atoms with van der Waals surface area (Å²) in [5, 5.41) is 10.9. The van der Waals surface area contributed by atoms with E-state index in [1.54, 1.807) is 28.7 Å². The summed E-state index contributed by atoms with van der Waals surface area (Å²) in [7, 11) is 0. The van der Waals surface area contributed by atoms with Crippen molar-refractivity contribution in [1.29, 1.82) is 0 Å². The molecular weight excluding hydrogens is 396 g/mol. The Balaban J connectivity index is 1.36. The van der Waals surface area contributed by atoms with Gasteiger partial charge in [-0.25, -0.2) is 9.97 Å². The molecule has 2 aliphatic heterocycles. The number of rotatable bonds is 2. The summed E-state index contributed by atoms with van der Waals surface area (Å²) >= 11 is 1.73. The zero-order valence-electron chi connectivity index (χ0n) is 15.8. The highest BCUT2D eigenvalue weighted by atomic mass is 32.2. The van der Waals surface area contributed by atoms with E-state index in [1.165, 1.54) is 4.90 Å². The van der Waals surface area contributed by atoms with E-state index in [2.05, 4.69) is 45.0 Å². The monoisotopic (exact) mass is 412 g/mol. The third-order valence-corrected chi connectivity index (χ3v) is 6.29. The molecule has 8 heteroatoms. The van der Waals surface area contributed by atoms with E-state index < -0.39 is 0 Å². The van der Waals surface area contributed by atoms with Crippen LogP contribution in [-0.2, 0) is 6.54 Å². The highest BCUT2D eigenvalue weighted by molar-refractivity contribution is 7.99. The van der Waals surface area contributed by atoms with Crippen LogP contribution in [0, 0.1) is 0 Å². The van der Waals surface area contributed by atoms with Crippen molar-refractivity contribution in [2.75, 3.05) is 11.9 Å². The third-order valence-electron chi connectivity index (χ3n) is 5.16. The average Bonchev–Trinajstić information content (AvgIpc) is 3.23. The summed E-state index contributed by atoms with van der Waals surface area (Å²) in [5.41, 5.74) is 5.06. The van der Waals surface area contributed by atoms with Crippen molar-refractivity contribution in [2.45, 2.75) is 16.3 Å². The van der Waals surface area contributed by atoms with Crippen molar-refractivity contribution in [1.82, 2.24) is 25.1 Å². The van der Waals surface area contributed by atoms with Gasteiger partial charge in [0.25, 0.3) is 5.91 Å². The molecule has 4 heterocycles. The minimum absolute atomic E-state index is 0.103. The molecule has 2 N–H and O–H groups in total. The van der Waals surface area contributed by atoms with Gasteiger partial charge in [-0.3, -0.25) is 9.48 Å². The number of fused-ring (bicyclic) bond motifs is 3. The first-order valence-corrected chi connectivity index (χ1v) is 10.4. The maximum atomic E-state index is 12.0. The largest absolute Gasteiger partial charge is 0.354 e. The van der Waals surface area contributed by atoms with Crippen molar-refractivity contribution in [3.63, 3.8) is 0 Å². The van der Waals surface area contributed by atoms with Gasteiger partial charge < -0.3 is 10.6 Å². The van der Waals surface area contributed by atoms with Gasteiger partial charge >= 0.3 is 0 Å². The summed E-state index contributed by atoms with van der Waals surface area (Å²) < 4.78 is 1.73. The Labute approximate surface area is 176 Å². The van der Waals surface area contributed by atoms with E-state index in [1.807, 2.05) is 24.3 Å². The molecule has 30 heavy (non-hydrogen) atoms. The molecule has 0 aliphatic carbocycles. The Bertz CT molecular complexity index is 1310. The fraction of sp³-hybridized carbons (Fsp3) is 0.0909. The van der Waals surface area contributed by atoms with Gasteiger partial charge in [0.1, 0.15) is 11.4 Å². The molecule has 0 fully saturated rings. The Morgan fingerprint density at radius 1 is 0.967 bits per heavy atom. The first-order valence-electron chi connectivity index (χ1n) is 9.62. The summed E-state index contributed by atoms with van der Waals surface area (Å²) in [5.74, 6) is 0.527. The molecule has 0 atom stereocenters. The van der Waals surface area contributed by atoms with Crippen LogP contribution in [0.25, 0.3) is 22.8 Å². The number of carbonyl (C=O) groups is 1. The van der Waals surface area contributed by atoms with Crippen LogP contribution in [0.3, 0.4) is 0 Å². The Morgan fingerprint density at radius 3 is 2.80 bits per heavy atom. The first-order chi connectivity index (χ1) is 14.7. The fourth-order valence-electron chi connectivity index (χ4n) is 3.67. The molecule has 0 saturated heterocycles. The molecule has 6 rings (SSSR count). The van der Waals surface area contributed by atoms with E-state index in [-0.39, 0.29) is 5.91 Å². The first kappa shape index (κ1) is 17.2. The van der Waals surface area contributed by atoms with Crippen molar-refractivity contribution in [3.05, 3.63) is 66.5 Å². The lowest BCUT2D eigenvalue weighted by molar-refractivity contribution is 0.0924. The molecular formula is C22H16N6OS. The van der Waals surface area contributed by atoms with Gasteiger partial charge in [-0.2, -0.15) is 5.10 Å². The highest BCUT2D eigenvalue weighted by Crippen LogP contribution is 2.45. The van der Waals surface area contributed by atoms with Crippen LogP contribution in [0.5, 0.6) is 0 Å². The predicted molar refractivity (Wildman–Crippen MR) is 115 cm³/mol. The van der Waals surface area contributed by atoms with Crippen LogP contribution in [0.15, 0.2) is 70.6 Å². The lowest BCUT2D eigenvalue weighted by Gasteiger charge is -2.21. The summed E-state index contributed by atoms with van der Waals surface area (Å²) in [4.78, 5) is 23.6. The summed E-state index contributed by atoms with van der Waals surface area (Å²) in [6, 6.07) is 18.0. The number of carbonyl (C=O) groups excluding carboxylic acids is 1.